The zero-order chi connectivity index (χ0) is 13.9. The lowest BCUT2D eigenvalue weighted by atomic mass is 10.0. The highest BCUT2D eigenvalue weighted by Crippen LogP contribution is 2.18. The van der Waals surface area contributed by atoms with Crippen LogP contribution in [-0.2, 0) is 11.2 Å². The molecule has 1 fully saturated rings. The number of carbonyl (C=O) groups is 1. The van der Waals surface area contributed by atoms with Crippen LogP contribution in [-0.4, -0.2) is 42.0 Å². The molecule has 104 valence electrons. The first-order chi connectivity index (χ1) is 9.74. The van der Waals surface area contributed by atoms with Gasteiger partial charge in [-0.05, 0) is 30.0 Å². The van der Waals surface area contributed by atoms with Gasteiger partial charge in [0.15, 0.2) is 0 Å². The second kappa shape index (κ2) is 5.59. The lowest BCUT2D eigenvalue weighted by Crippen LogP contribution is -2.46. The van der Waals surface area contributed by atoms with Crippen molar-refractivity contribution >= 4 is 16.7 Å². The lowest BCUT2D eigenvalue weighted by molar-refractivity contribution is -0.131. The fraction of sp³-hybridized carbons (Fsp3) is 0.375. The van der Waals surface area contributed by atoms with E-state index in [9.17, 15) is 4.79 Å². The van der Waals surface area contributed by atoms with E-state index in [2.05, 4.69) is 22.4 Å². The Morgan fingerprint density at radius 2 is 2.10 bits per heavy atom. The van der Waals surface area contributed by atoms with Gasteiger partial charge in [0.1, 0.15) is 0 Å². The monoisotopic (exact) mass is 269 g/mol. The Balaban J connectivity index is 1.80. The van der Waals surface area contributed by atoms with Gasteiger partial charge in [-0.25, -0.2) is 0 Å². The van der Waals surface area contributed by atoms with Gasteiger partial charge in [-0.3, -0.25) is 9.78 Å². The third kappa shape index (κ3) is 2.65. The van der Waals surface area contributed by atoms with Crippen LogP contribution in [0.15, 0.2) is 30.5 Å². The zero-order valence-corrected chi connectivity index (χ0v) is 11.7. The van der Waals surface area contributed by atoms with Gasteiger partial charge in [-0.2, -0.15) is 0 Å². The summed E-state index contributed by atoms with van der Waals surface area (Å²) >= 11 is 0. The number of amides is 1. The number of hydrogen-bond acceptors (Lipinski definition) is 3. The molecule has 0 aliphatic carbocycles. The molecule has 4 nitrogen and oxygen atoms in total. The van der Waals surface area contributed by atoms with E-state index >= 15 is 0 Å². The molecule has 0 bridgehead atoms. The highest BCUT2D eigenvalue weighted by atomic mass is 16.2. The first kappa shape index (κ1) is 13.1. The molecule has 0 unspecified atom stereocenters. The van der Waals surface area contributed by atoms with Crippen LogP contribution in [0.1, 0.15) is 11.3 Å². The van der Waals surface area contributed by atoms with Crippen LogP contribution in [0, 0.1) is 6.92 Å². The molecule has 1 amide bonds. The number of rotatable bonds is 2. The molecular formula is C16H19N3O. The van der Waals surface area contributed by atoms with E-state index in [1.807, 2.05) is 30.2 Å². The number of nitrogens with one attached hydrogen (secondary N) is 1. The Labute approximate surface area is 118 Å². The Hall–Kier alpha value is -1.94. The Kier molecular flexibility index (Phi) is 3.65. The van der Waals surface area contributed by atoms with Crippen molar-refractivity contribution in [2.45, 2.75) is 13.3 Å². The number of carbonyl (C=O) groups excluding carboxylic acids is 1. The summed E-state index contributed by atoms with van der Waals surface area (Å²) in [7, 11) is 0. The molecule has 0 saturated carbocycles. The highest BCUT2D eigenvalue weighted by molar-refractivity contribution is 5.86. The van der Waals surface area contributed by atoms with Crippen molar-refractivity contribution in [3.05, 3.63) is 41.7 Å². The zero-order valence-electron chi connectivity index (χ0n) is 11.7. The predicted molar refractivity (Wildman–Crippen MR) is 79.6 cm³/mol. The SMILES string of the molecule is Cc1nccc2ccc(CC(=O)N3CCNCC3)cc12. The van der Waals surface area contributed by atoms with Crippen molar-refractivity contribution in [3.8, 4) is 0 Å². The summed E-state index contributed by atoms with van der Waals surface area (Å²) in [5.74, 6) is 0.215. The minimum atomic E-state index is 0.215. The number of hydrogen-bond donors (Lipinski definition) is 1. The van der Waals surface area contributed by atoms with Crippen LogP contribution in [0.25, 0.3) is 10.8 Å². The van der Waals surface area contributed by atoms with Gasteiger partial charge in [0.2, 0.25) is 5.91 Å². The van der Waals surface area contributed by atoms with E-state index in [0.717, 1.165) is 42.8 Å². The maximum Gasteiger partial charge on any atom is 0.227 e. The standard InChI is InChI=1S/C16H19N3O/c1-12-15-10-13(2-3-14(15)4-5-18-12)11-16(20)19-8-6-17-7-9-19/h2-5,10,17H,6-9,11H2,1H3. The van der Waals surface area contributed by atoms with Crippen LogP contribution in [0.4, 0.5) is 0 Å². The first-order valence-corrected chi connectivity index (χ1v) is 7.07. The van der Waals surface area contributed by atoms with Crippen molar-refractivity contribution in [3.63, 3.8) is 0 Å². The molecule has 1 aromatic heterocycles. The summed E-state index contributed by atoms with van der Waals surface area (Å²) in [6.45, 7) is 5.42. The van der Waals surface area contributed by atoms with Gasteiger partial charge in [0, 0.05) is 43.5 Å². The van der Waals surface area contributed by atoms with Crippen LogP contribution in [0.5, 0.6) is 0 Å². The number of nitrogens with zero attached hydrogens (tertiary/aromatic N) is 2. The molecule has 2 heterocycles. The number of piperazine rings is 1. The topological polar surface area (TPSA) is 45.2 Å². The molecule has 4 heteroatoms. The Morgan fingerprint density at radius 3 is 2.90 bits per heavy atom. The average molecular weight is 269 g/mol. The molecule has 1 saturated heterocycles. The fourth-order valence-corrected chi connectivity index (χ4v) is 2.67. The van der Waals surface area contributed by atoms with Crippen LogP contribution < -0.4 is 5.32 Å². The summed E-state index contributed by atoms with van der Waals surface area (Å²) in [6.07, 6.45) is 2.30. The number of fused-ring (bicyclic) bond motifs is 1. The molecule has 2 aromatic rings. The summed E-state index contributed by atoms with van der Waals surface area (Å²) in [4.78, 5) is 18.5. The minimum Gasteiger partial charge on any atom is -0.340 e. The number of aryl methyl sites for hydroxylation is 1. The van der Waals surface area contributed by atoms with Crippen molar-refractivity contribution in [1.82, 2.24) is 15.2 Å². The highest BCUT2D eigenvalue weighted by Gasteiger charge is 2.16. The van der Waals surface area contributed by atoms with Gasteiger partial charge >= 0.3 is 0 Å². The van der Waals surface area contributed by atoms with Crippen molar-refractivity contribution in [2.75, 3.05) is 26.2 Å². The van der Waals surface area contributed by atoms with Gasteiger partial charge in [-0.1, -0.05) is 12.1 Å². The number of pyridine rings is 1. The van der Waals surface area contributed by atoms with Gasteiger partial charge in [0.05, 0.1) is 6.42 Å². The quantitative estimate of drug-likeness (QED) is 0.899. The maximum absolute atomic E-state index is 12.3. The van der Waals surface area contributed by atoms with E-state index in [4.69, 9.17) is 0 Å². The molecule has 20 heavy (non-hydrogen) atoms. The van der Waals surface area contributed by atoms with Crippen LogP contribution in [0.2, 0.25) is 0 Å². The molecule has 1 aromatic carbocycles. The Bertz CT molecular complexity index is 633. The fourth-order valence-electron chi connectivity index (χ4n) is 2.67. The van der Waals surface area contributed by atoms with Gasteiger partial charge in [0.25, 0.3) is 0 Å². The van der Waals surface area contributed by atoms with Crippen molar-refractivity contribution in [1.29, 1.82) is 0 Å². The summed E-state index contributed by atoms with van der Waals surface area (Å²) < 4.78 is 0. The second-order valence-electron chi connectivity index (χ2n) is 5.26. The number of aromatic nitrogens is 1. The summed E-state index contributed by atoms with van der Waals surface area (Å²) in [6, 6.07) is 8.22. The normalized spacial score (nSPS) is 15.6. The maximum atomic E-state index is 12.3. The second-order valence-corrected chi connectivity index (χ2v) is 5.26. The first-order valence-electron chi connectivity index (χ1n) is 7.07. The van der Waals surface area contributed by atoms with Gasteiger partial charge < -0.3 is 10.2 Å². The van der Waals surface area contributed by atoms with Gasteiger partial charge in [-0.15, -0.1) is 0 Å². The smallest absolute Gasteiger partial charge is 0.227 e. The molecule has 1 aliphatic rings. The van der Waals surface area contributed by atoms with E-state index in [1.54, 1.807) is 0 Å². The summed E-state index contributed by atoms with van der Waals surface area (Å²) in [5, 5.41) is 5.58. The van der Waals surface area contributed by atoms with Crippen LogP contribution >= 0.6 is 0 Å². The molecule has 1 aliphatic heterocycles. The largest absolute Gasteiger partial charge is 0.340 e. The molecule has 0 radical (unpaired) electrons. The van der Waals surface area contributed by atoms with E-state index in [-0.39, 0.29) is 5.91 Å². The van der Waals surface area contributed by atoms with Crippen LogP contribution in [0.3, 0.4) is 0 Å². The predicted octanol–water partition coefficient (Wildman–Crippen LogP) is 1.52. The Morgan fingerprint density at radius 1 is 1.30 bits per heavy atom. The molecular weight excluding hydrogens is 250 g/mol. The lowest BCUT2D eigenvalue weighted by Gasteiger charge is -2.27. The van der Waals surface area contributed by atoms with Crippen molar-refractivity contribution < 1.29 is 4.79 Å². The third-order valence-corrected chi connectivity index (χ3v) is 3.85. The third-order valence-electron chi connectivity index (χ3n) is 3.85. The molecule has 0 atom stereocenters. The van der Waals surface area contributed by atoms with E-state index in [0.29, 0.717) is 6.42 Å². The van der Waals surface area contributed by atoms with E-state index < -0.39 is 0 Å². The number of benzene rings is 1. The summed E-state index contributed by atoms with van der Waals surface area (Å²) in [5.41, 5.74) is 2.08. The van der Waals surface area contributed by atoms with Crippen molar-refractivity contribution in [2.24, 2.45) is 0 Å². The molecule has 0 spiro atoms. The minimum absolute atomic E-state index is 0.215. The molecule has 1 N–H and O–H groups in total. The molecule has 3 rings (SSSR count). The van der Waals surface area contributed by atoms with E-state index in [1.165, 1.54) is 5.39 Å². The average Bonchev–Trinajstić information content (AvgIpc) is 2.49.